The number of amides is 1. The minimum atomic E-state index is -0.269. The maximum atomic E-state index is 11.4. The molecule has 1 fully saturated rings. The van der Waals surface area contributed by atoms with Crippen LogP contribution in [0.2, 0.25) is 0 Å². The van der Waals surface area contributed by atoms with Gasteiger partial charge in [-0.1, -0.05) is 0 Å². The fraction of sp³-hybridized carbons (Fsp3) is 0.375. The quantitative estimate of drug-likeness (QED) is 0.532. The maximum absolute atomic E-state index is 11.4. The third-order valence-corrected chi connectivity index (χ3v) is 2.54. The first-order valence-corrected chi connectivity index (χ1v) is 4.07. The molecule has 0 aromatic carbocycles. The van der Waals surface area contributed by atoms with Gasteiger partial charge < -0.3 is 15.6 Å². The van der Waals surface area contributed by atoms with Crippen molar-refractivity contribution in [1.29, 1.82) is 0 Å². The van der Waals surface area contributed by atoms with Crippen LogP contribution in [-0.4, -0.2) is 16.4 Å². The van der Waals surface area contributed by atoms with Gasteiger partial charge in [0.25, 0.3) is 5.91 Å². The smallest absolute Gasteiger partial charge is 0.251 e. The van der Waals surface area contributed by atoms with Crippen molar-refractivity contribution in [2.24, 2.45) is 0 Å². The van der Waals surface area contributed by atoms with Gasteiger partial charge in [-0.15, -0.1) is 0 Å². The van der Waals surface area contributed by atoms with Crippen molar-refractivity contribution in [2.75, 3.05) is 10.6 Å². The number of carbonyl (C=O) groups is 1. The number of hydrogen-bond acceptors (Lipinski definition) is 2. The van der Waals surface area contributed by atoms with Gasteiger partial charge in [-0.3, -0.25) is 4.79 Å². The van der Waals surface area contributed by atoms with Crippen molar-refractivity contribution in [3.63, 3.8) is 0 Å². The summed E-state index contributed by atoms with van der Waals surface area (Å²) in [6.07, 6.45) is 3.71. The molecule has 4 nitrogen and oxygen atoms in total. The minimum absolute atomic E-state index is 0.0949. The number of carbonyl (C=O) groups excluding carboxylic acids is 1. The van der Waals surface area contributed by atoms with E-state index in [1.54, 1.807) is 0 Å². The highest BCUT2D eigenvalue weighted by Crippen LogP contribution is 2.44. The lowest BCUT2D eigenvalue weighted by Crippen LogP contribution is -2.40. The molecule has 1 aromatic rings. The molecule has 1 aromatic heterocycles. The van der Waals surface area contributed by atoms with Crippen LogP contribution in [0.3, 0.4) is 0 Å². The van der Waals surface area contributed by atoms with Crippen LogP contribution in [0, 0.1) is 0 Å². The van der Waals surface area contributed by atoms with E-state index in [1.165, 1.54) is 0 Å². The summed E-state index contributed by atoms with van der Waals surface area (Å²) < 4.78 is 0. The van der Waals surface area contributed by atoms with Gasteiger partial charge in [0, 0.05) is 6.20 Å². The third kappa shape index (κ3) is 0.598. The van der Waals surface area contributed by atoms with Gasteiger partial charge in [0.05, 0.1) is 5.69 Å². The summed E-state index contributed by atoms with van der Waals surface area (Å²) in [7, 11) is 0. The molecule has 1 saturated carbocycles. The van der Waals surface area contributed by atoms with E-state index in [4.69, 9.17) is 0 Å². The van der Waals surface area contributed by atoms with Crippen LogP contribution in [-0.2, 0) is 4.79 Å². The van der Waals surface area contributed by atoms with Crippen molar-refractivity contribution >= 4 is 17.4 Å². The molecule has 1 spiro atoms. The van der Waals surface area contributed by atoms with Gasteiger partial charge in [0.15, 0.2) is 0 Å². The molecule has 0 radical (unpaired) electrons. The summed E-state index contributed by atoms with van der Waals surface area (Å²) in [5.41, 5.74) is 0.738. The summed E-state index contributed by atoms with van der Waals surface area (Å²) >= 11 is 0. The Bertz CT molecular complexity index is 351. The molecule has 2 aliphatic rings. The van der Waals surface area contributed by atoms with Crippen LogP contribution in [0.25, 0.3) is 0 Å². The van der Waals surface area contributed by atoms with E-state index in [2.05, 4.69) is 15.6 Å². The van der Waals surface area contributed by atoms with E-state index in [0.717, 1.165) is 24.3 Å². The Morgan fingerprint density at radius 1 is 1.42 bits per heavy atom. The number of hydrogen-bond donors (Lipinski definition) is 3. The first kappa shape index (κ1) is 6.11. The van der Waals surface area contributed by atoms with Crippen LogP contribution in [0.5, 0.6) is 0 Å². The molecule has 62 valence electrons. The Morgan fingerprint density at radius 2 is 2.25 bits per heavy atom. The topological polar surface area (TPSA) is 56.9 Å². The monoisotopic (exact) mass is 163 g/mol. The summed E-state index contributed by atoms with van der Waals surface area (Å²) in [5, 5.41) is 6.07. The third-order valence-electron chi connectivity index (χ3n) is 2.54. The molecule has 0 atom stereocenters. The van der Waals surface area contributed by atoms with E-state index < -0.39 is 0 Å². The first-order chi connectivity index (χ1) is 5.80. The van der Waals surface area contributed by atoms with E-state index in [-0.39, 0.29) is 11.4 Å². The molecule has 2 heterocycles. The Kier molecular flexibility index (Phi) is 0.842. The second-order valence-electron chi connectivity index (χ2n) is 3.43. The Hall–Kier alpha value is -1.45. The molecule has 0 unspecified atom stereocenters. The number of anilines is 2. The van der Waals surface area contributed by atoms with E-state index in [0.29, 0.717) is 0 Å². The Balaban J connectivity index is 2.07. The van der Waals surface area contributed by atoms with Gasteiger partial charge in [0.2, 0.25) is 0 Å². The zero-order valence-corrected chi connectivity index (χ0v) is 6.48. The molecule has 12 heavy (non-hydrogen) atoms. The summed E-state index contributed by atoms with van der Waals surface area (Å²) in [6.45, 7) is 0. The second-order valence-corrected chi connectivity index (χ2v) is 3.43. The molecular formula is C8H9N3O. The van der Waals surface area contributed by atoms with Crippen LogP contribution in [0.1, 0.15) is 12.8 Å². The average molecular weight is 163 g/mol. The lowest BCUT2D eigenvalue weighted by atomic mass is 10.2. The first-order valence-electron chi connectivity index (χ1n) is 4.07. The van der Waals surface area contributed by atoms with Crippen LogP contribution in [0.4, 0.5) is 11.5 Å². The number of H-pyrrole nitrogens is 1. The average Bonchev–Trinajstić information content (AvgIpc) is 2.67. The summed E-state index contributed by atoms with van der Waals surface area (Å²) in [4.78, 5) is 14.4. The zero-order valence-electron chi connectivity index (χ0n) is 6.48. The van der Waals surface area contributed by atoms with Gasteiger partial charge in [-0.2, -0.15) is 0 Å². The van der Waals surface area contributed by atoms with Crippen LogP contribution in [0.15, 0.2) is 12.3 Å². The molecule has 0 saturated heterocycles. The van der Waals surface area contributed by atoms with E-state index in [1.807, 2.05) is 12.3 Å². The SMILES string of the molecule is O=C1Nc2[nH]ccc2NC12CC2. The van der Waals surface area contributed by atoms with Gasteiger partial charge >= 0.3 is 0 Å². The molecule has 3 rings (SSSR count). The fourth-order valence-electron chi connectivity index (χ4n) is 1.60. The predicted molar refractivity (Wildman–Crippen MR) is 45.0 cm³/mol. The second kappa shape index (κ2) is 1.65. The summed E-state index contributed by atoms with van der Waals surface area (Å²) in [5.74, 6) is 0.884. The maximum Gasteiger partial charge on any atom is 0.251 e. The zero-order chi connectivity index (χ0) is 8.18. The highest BCUT2D eigenvalue weighted by Gasteiger charge is 2.52. The standard InChI is InChI=1S/C8H9N3O/c12-7-8(2-3-8)11-5-1-4-9-6(5)10-7/h1,4,9,11H,2-3H2,(H,10,12). The molecular weight excluding hydrogens is 154 g/mol. The van der Waals surface area contributed by atoms with Gasteiger partial charge in [0.1, 0.15) is 11.4 Å². The van der Waals surface area contributed by atoms with E-state index >= 15 is 0 Å². The van der Waals surface area contributed by atoms with Crippen molar-refractivity contribution in [3.05, 3.63) is 12.3 Å². The molecule has 1 aliphatic carbocycles. The predicted octanol–water partition coefficient (Wildman–Crippen LogP) is 0.911. The summed E-state index contributed by atoms with van der Waals surface area (Å²) in [6, 6.07) is 1.94. The molecule has 4 heteroatoms. The number of aromatic nitrogens is 1. The van der Waals surface area contributed by atoms with E-state index in [9.17, 15) is 4.79 Å². The minimum Gasteiger partial charge on any atom is -0.368 e. The van der Waals surface area contributed by atoms with Crippen molar-refractivity contribution in [2.45, 2.75) is 18.4 Å². The molecule has 0 bridgehead atoms. The van der Waals surface area contributed by atoms with Gasteiger partial charge in [-0.25, -0.2) is 0 Å². The number of nitrogens with one attached hydrogen (secondary N) is 3. The number of fused-ring (bicyclic) bond motifs is 1. The lowest BCUT2D eigenvalue weighted by Gasteiger charge is -2.23. The van der Waals surface area contributed by atoms with Crippen LogP contribution < -0.4 is 10.6 Å². The highest BCUT2D eigenvalue weighted by molar-refractivity contribution is 6.07. The fourth-order valence-corrected chi connectivity index (χ4v) is 1.60. The molecule has 1 amide bonds. The Labute approximate surface area is 69.3 Å². The number of aromatic amines is 1. The highest BCUT2D eigenvalue weighted by atomic mass is 16.2. The van der Waals surface area contributed by atoms with Crippen molar-refractivity contribution in [3.8, 4) is 0 Å². The molecule has 1 aliphatic heterocycles. The largest absolute Gasteiger partial charge is 0.368 e. The lowest BCUT2D eigenvalue weighted by molar-refractivity contribution is -0.117. The molecule has 3 N–H and O–H groups in total. The van der Waals surface area contributed by atoms with Crippen molar-refractivity contribution < 1.29 is 4.79 Å². The number of rotatable bonds is 0. The van der Waals surface area contributed by atoms with Crippen molar-refractivity contribution in [1.82, 2.24) is 4.98 Å². The normalized spacial score (nSPS) is 22.8. The van der Waals surface area contributed by atoms with Gasteiger partial charge in [-0.05, 0) is 18.9 Å². The van der Waals surface area contributed by atoms with Crippen LogP contribution >= 0.6 is 0 Å². The Morgan fingerprint density at radius 3 is 3.00 bits per heavy atom.